The van der Waals surface area contributed by atoms with Gasteiger partial charge < -0.3 is 15.0 Å². The number of nitrogens with zero attached hydrogens (tertiary/aromatic N) is 3. The van der Waals surface area contributed by atoms with E-state index >= 15 is 0 Å². The molecule has 3 heterocycles. The van der Waals surface area contributed by atoms with Gasteiger partial charge in [-0.05, 0) is 30.3 Å². The van der Waals surface area contributed by atoms with Crippen LogP contribution in [-0.2, 0) is 0 Å². The number of rotatable bonds is 4. The van der Waals surface area contributed by atoms with Crippen LogP contribution in [0.2, 0.25) is 0 Å². The summed E-state index contributed by atoms with van der Waals surface area (Å²) >= 11 is 0. The first-order valence-electron chi connectivity index (χ1n) is 8.77. The van der Waals surface area contributed by atoms with E-state index in [1.807, 2.05) is 18.3 Å². The number of anilines is 2. The predicted octanol–water partition coefficient (Wildman–Crippen LogP) is 1.58. The Labute approximate surface area is 156 Å². The Morgan fingerprint density at radius 2 is 2.00 bits per heavy atom. The van der Waals surface area contributed by atoms with Gasteiger partial charge in [-0.2, -0.15) is 0 Å². The highest BCUT2D eigenvalue weighted by atomic mass is 16.5. The summed E-state index contributed by atoms with van der Waals surface area (Å²) in [7, 11) is 1.52. The number of hydrogen-bond acceptors (Lipinski definition) is 7. The minimum atomic E-state index is -0.152. The number of piperazine rings is 1. The van der Waals surface area contributed by atoms with E-state index in [2.05, 4.69) is 20.7 Å². The van der Waals surface area contributed by atoms with E-state index in [1.165, 1.54) is 13.2 Å². The molecule has 1 aromatic carbocycles. The van der Waals surface area contributed by atoms with Crippen molar-refractivity contribution in [3.8, 4) is 17.0 Å². The average molecular weight is 367 g/mol. The van der Waals surface area contributed by atoms with Crippen molar-refractivity contribution in [3.63, 3.8) is 0 Å². The van der Waals surface area contributed by atoms with Crippen molar-refractivity contribution in [1.29, 1.82) is 0 Å². The lowest BCUT2D eigenvalue weighted by Crippen LogP contribution is -2.43. The van der Waals surface area contributed by atoms with Gasteiger partial charge in [-0.15, -0.1) is 0 Å². The maximum atomic E-state index is 12.7. The molecule has 1 fully saturated rings. The number of benzene rings is 1. The van der Waals surface area contributed by atoms with Crippen molar-refractivity contribution < 1.29 is 9.94 Å². The Bertz CT molecular complexity index is 1030. The molecule has 0 saturated carbocycles. The fourth-order valence-electron chi connectivity index (χ4n) is 3.30. The number of ether oxygens (including phenoxy) is 1. The van der Waals surface area contributed by atoms with Gasteiger partial charge in [-0.1, -0.05) is 0 Å². The van der Waals surface area contributed by atoms with E-state index in [-0.39, 0.29) is 5.56 Å². The van der Waals surface area contributed by atoms with E-state index in [0.717, 1.165) is 31.9 Å². The van der Waals surface area contributed by atoms with Crippen molar-refractivity contribution in [2.24, 2.45) is 0 Å². The largest absolute Gasteiger partial charge is 0.495 e. The van der Waals surface area contributed by atoms with Crippen molar-refractivity contribution in [3.05, 3.63) is 52.9 Å². The van der Waals surface area contributed by atoms with Crippen LogP contribution >= 0.6 is 0 Å². The molecule has 0 spiro atoms. The molecule has 0 amide bonds. The highest BCUT2D eigenvalue weighted by Gasteiger charge is 2.13. The molecule has 1 aliphatic heterocycles. The van der Waals surface area contributed by atoms with Crippen LogP contribution in [-0.4, -0.2) is 47.9 Å². The maximum absolute atomic E-state index is 12.7. The molecule has 0 bridgehead atoms. The summed E-state index contributed by atoms with van der Waals surface area (Å²) in [5, 5.41) is 12.6. The molecule has 3 N–H and O–H groups in total. The van der Waals surface area contributed by atoms with Gasteiger partial charge in [0.2, 0.25) is 0 Å². The second kappa shape index (κ2) is 7.26. The molecular formula is C19H21N5O3. The molecule has 27 heavy (non-hydrogen) atoms. The minimum absolute atomic E-state index is 0.152. The quantitative estimate of drug-likeness (QED) is 0.603. The standard InChI is InChI=1S/C19H21N5O3/c1-27-17-4-2-13(10-16(17)22-26)15-11-19(25)24-12-14(3-5-18(24)21-15)23-8-6-20-7-9-23/h2-5,10-12,20,22,26H,6-9H2,1H3. The number of nitrogens with one attached hydrogen (secondary N) is 2. The topological polar surface area (TPSA) is 91.1 Å². The van der Waals surface area contributed by atoms with Crippen LogP contribution in [0.3, 0.4) is 0 Å². The molecule has 8 nitrogen and oxygen atoms in total. The summed E-state index contributed by atoms with van der Waals surface area (Å²) in [6, 6.07) is 10.5. The fourth-order valence-corrected chi connectivity index (χ4v) is 3.30. The fraction of sp³-hybridized carbons (Fsp3) is 0.263. The number of pyridine rings is 1. The van der Waals surface area contributed by atoms with E-state index in [1.54, 1.807) is 22.6 Å². The van der Waals surface area contributed by atoms with Gasteiger partial charge in [0.05, 0.1) is 18.5 Å². The van der Waals surface area contributed by atoms with Crippen LogP contribution in [0.15, 0.2) is 47.4 Å². The lowest BCUT2D eigenvalue weighted by molar-refractivity contribution is 0.373. The predicted molar refractivity (Wildman–Crippen MR) is 104 cm³/mol. The van der Waals surface area contributed by atoms with Gasteiger partial charge in [0.15, 0.2) is 0 Å². The van der Waals surface area contributed by atoms with Crippen molar-refractivity contribution in [2.75, 3.05) is 43.7 Å². The Kier molecular flexibility index (Phi) is 4.66. The molecule has 0 atom stereocenters. The first-order valence-corrected chi connectivity index (χ1v) is 8.77. The zero-order valence-corrected chi connectivity index (χ0v) is 15.0. The van der Waals surface area contributed by atoms with E-state index in [0.29, 0.717) is 28.3 Å². The third kappa shape index (κ3) is 3.32. The summed E-state index contributed by atoms with van der Waals surface area (Å²) in [6.07, 6.45) is 1.84. The highest BCUT2D eigenvalue weighted by molar-refractivity contribution is 5.70. The van der Waals surface area contributed by atoms with Gasteiger partial charge in [0.25, 0.3) is 5.56 Å². The zero-order chi connectivity index (χ0) is 18.8. The lowest BCUT2D eigenvalue weighted by atomic mass is 10.1. The Morgan fingerprint density at radius 3 is 2.74 bits per heavy atom. The smallest absolute Gasteiger partial charge is 0.258 e. The van der Waals surface area contributed by atoms with Crippen LogP contribution in [0.1, 0.15) is 0 Å². The number of hydrogen-bond donors (Lipinski definition) is 3. The maximum Gasteiger partial charge on any atom is 0.258 e. The SMILES string of the molecule is COc1ccc(-c2cc(=O)n3cc(N4CCNCC4)ccc3n2)cc1NO. The van der Waals surface area contributed by atoms with Gasteiger partial charge in [-0.3, -0.25) is 19.9 Å². The normalized spacial score (nSPS) is 14.4. The molecule has 4 rings (SSSR count). The summed E-state index contributed by atoms with van der Waals surface area (Å²) < 4.78 is 6.74. The van der Waals surface area contributed by atoms with Gasteiger partial charge in [0, 0.05) is 44.0 Å². The Balaban J connectivity index is 1.75. The molecular weight excluding hydrogens is 346 g/mol. The van der Waals surface area contributed by atoms with Crippen molar-refractivity contribution in [2.45, 2.75) is 0 Å². The van der Waals surface area contributed by atoms with Crippen LogP contribution < -0.4 is 26.0 Å². The Morgan fingerprint density at radius 1 is 1.19 bits per heavy atom. The molecule has 0 unspecified atom stereocenters. The van der Waals surface area contributed by atoms with Gasteiger partial charge in [-0.25, -0.2) is 4.98 Å². The van der Waals surface area contributed by atoms with Gasteiger partial charge in [0.1, 0.15) is 17.1 Å². The zero-order valence-electron chi connectivity index (χ0n) is 15.0. The van der Waals surface area contributed by atoms with Gasteiger partial charge >= 0.3 is 0 Å². The Hall–Kier alpha value is -3.10. The van der Waals surface area contributed by atoms with E-state index in [4.69, 9.17) is 4.74 Å². The monoisotopic (exact) mass is 367 g/mol. The minimum Gasteiger partial charge on any atom is -0.495 e. The summed E-state index contributed by atoms with van der Waals surface area (Å²) in [4.78, 5) is 19.5. The van der Waals surface area contributed by atoms with Crippen molar-refractivity contribution >= 4 is 17.0 Å². The van der Waals surface area contributed by atoms with E-state index < -0.39 is 0 Å². The van der Waals surface area contributed by atoms with E-state index in [9.17, 15) is 10.0 Å². The van der Waals surface area contributed by atoms with Crippen LogP contribution in [0.25, 0.3) is 16.9 Å². The van der Waals surface area contributed by atoms with Crippen LogP contribution in [0, 0.1) is 0 Å². The molecule has 0 radical (unpaired) electrons. The first kappa shape index (κ1) is 17.3. The number of methoxy groups -OCH3 is 1. The second-order valence-electron chi connectivity index (χ2n) is 6.36. The van der Waals surface area contributed by atoms with Crippen molar-refractivity contribution in [1.82, 2.24) is 14.7 Å². The van der Waals surface area contributed by atoms with Crippen LogP contribution in [0.5, 0.6) is 5.75 Å². The summed E-state index contributed by atoms with van der Waals surface area (Å²) in [5.74, 6) is 0.499. The third-order valence-corrected chi connectivity index (χ3v) is 4.74. The highest BCUT2D eigenvalue weighted by Crippen LogP contribution is 2.29. The lowest BCUT2D eigenvalue weighted by Gasteiger charge is -2.29. The molecule has 3 aromatic rings. The number of fused-ring (bicyclic) bond motifs is 1. The molecule has 2 aromatic heterocycles. The number of aromatic nitrogens is 2. The molecule has 8 heteroatoms. The summed E-state index contributed by atoms with van der Waals surface area (Å²) in [6.45, 7) is 3.69. The first-order chi connectivity index (χ1) is 13.2. The average Bonchev–Trinajstić information content (AvgIpc) is 2.73. The molecule has 1 aliphatic rings. The molecule has 140 valence electrons. The summed E-state index contributed by atoms with van der Waals surface area (Å²) in [5.41, 5.74) is 5.19. The second-order valence-corrected chi connectivity index (χ2v) is 6.36. The van der Waals surface area contributed by atoms with Crippen LogP contribution in [0.4, 0.5) is 11.4 Å². The third-order valence-electron chi connectivity index (χ3n) is 4.74. The molecule has 0 aliphatic carbocycles. The molecule has 1 saturated heterocycles.